The van der Waals surface area contributed by atoms with Crippen LogP contribution in [-0.4, -0.2) is 25.2 Å². The second kappa shape index (κ2) is 9.59. The molecular formula is C15H26O4. The third-order valence-corrected chi connectivity index (χ3v) is 3.06. The van der Waals surface area contributed by atoms with E-state index in [-0.39, 0.29) is 13.2 Å². The van der Waals surface area contributed by atoms with E-state index < -0.39 is 17.4 Å². The third-order valence-electron chi connectivity index (χ3n) is 3.06. The third kappa shape index (κ3) is 5.05. The van der Waals surface area contributed by atoms with Crippen molar-refractivity contribution in [1.82, 2.24) is 0 Å². The van der Waals surface area contributed by atoms with Crippen LogP contribution in [0.3, 0.4) is 0 Å². The van der Waals surface area contributed by atoms with E-state index in [0.29, 0.717) is 19.3 Å². The first-order chi connectivity index (χ1) is 9.08. The molecule has 0 aliphatic carbocycles. The summed E-state index contributed by atoms with van der Waals surface area (Å²) in [6, 6.07) is 0. The minimum absolute atomic E-state index is 0.264. The molecule has 19 heavy (non-hydrogen) atoms. The quantitative estimate of drug-likeness (QED) is 0.347. The summed E-state index contributed by atoms with van der Waals surface area (Å²) in [5.41, 5.74) is -1.17. The summed E-state index contributed by atoms with van der Waals surface area (Å²) in [4.78, 5) is 24.5. The van der Waals surface area contributed by atoms with Crippen molar-refractivity contribution in [2.45, 2.75) is 52.9 Å². The van der Waals surface area contributed by atoms with E-state index in [0.717, 1.165) is 12.8 Å². The molecule has 0 radical (unpaired) electrons. The minimum atomic E-state index is -1.17. The van der Waals surface area contributed by atoms with Crippen LogP contribution in [0.15, 0.2) is 12.7 Å². The number of carbonyl (C=O) groups is 2. The second-order valence-electron chi connectivity index (χ2n) is 4.45. The van der Waals surface area contributed by atoms with Gasteiger partial charge in [-0.05, 0) is 33.1 Å². The highest BCUT2D eigenvalue weighted by Crippen LogP contribution is 2.34. The van der Waals surface area contributed by atoms with Gasteiger partial charge in [0.15, 0.2) is 5.41 Å². The molecule has 0 saturated heterocycles. The Labute approximate surface area is 116 Å². The maximum absolute atomic E-state index is 12.2. The van der Waals surface area contributed by atoms with Crippen LogP contribution in [0.4, 0.5) is 0 Å². The maximum atomic E-state index is 12.2. The predicted octanol–water partition coefficient (Wildman–Crippen LogP) is 3.26. The van der Waals surface area contributed by atoms with Crippen molar-refractivity contribution in [2.75, 3.05) is 13.2 Å². The fourth-order valence-corrected chi connectivity index (χ4v) is 1.98. The van der Waals surface area contributed by atoms with Crippen molar-refractivity contribution >= 4 is 11.9 Å². The summed E-state index contributed by atoms with van der Waals surface area (Å²) in [5, 5.41) is 0. The Bertz CT molecular complexity index is 279. The molecule has 110 valence electrons. The van der Waals surface area contributed by atoms with E-state index >= 15 is 0 Å². The zero-order chi connectivity index (χ0) is 14.7. The molecule has 0 heterocycles. The lowest BCUT2D eigenvalue weighted by molar-refractivity contribution is -0.173. The van der Waals surface area contributed by atoms with Crippen molar-refractivity contribution in [3.05, 3.63) is 12.7 Å². The van der Waals surface area contributed by atoms with Gasteiger partial charge in [-0.3, -0.25) is 9.59 Å². The molecule has 4 nitrogen and oxygen atoms in total. The Balaban J connectivity index is 5.21. The zero-order valence-electron chi connectivity index (χ0n) is 12.4. The van der Waals surface area contributed by atoms with Gasteiger partial charge >= 0.3 is 11.9 Å². The lowest BCUT2D eigenvalue weighted by Gasteiger charge is -2.28. The molecular weight excluding hydrogens is 244 g/mol. The van der Waals surface area contributed by atoms with Crippen molar-refractivity contribution in [3.8, 4) is 0 Å². The molecule has 0 amide bonds. The van der Waals surface area contributed by atoms with E-state index in [2.05, 4.69) is 6.58 Å². The van der Waals surface area contributed by atoms with E-state index in [1.807, 2.05) is 6.92 Å². The Hall–Kier alpha value is -1.32. The van der Waals surface area contributed by atoms with Gasteiger partial charge in [0.1, 0.15) is 0 Å². The fraction of sp³-hybridized carbons (Fsp3) is 0.733. The second-order valence-corrected chi connectivity index (χ2v) is 4.45. The van der Waals surface area contributed by atoms with Crippen molar-refractivity contribution < 1.29 is 19.1 Å². The van der Waals surface area contributed by atoms with Gasteiger partial charge in [-0.2, -0.15) is 0 Å². The monoisotopic (exact) mass is 270 g/mol. The van der Waals surface area contributed by atoms with Gasteiger partial charge in [0, 0.05) is 0 Å². The first-order valence-corrected chi connectivity index (χ1v) is 7.04. The first-order valence-electron chi connectivity index (χ1n) is 7.04. The Morgan fingerprint density at radius 2 is 1.58 bits per heavy atom. The Kier molecular flexibility index (Phi) is 8.92. The van der Waals surface area contributed by atoms with Gasteiger partial charge in [0.05, 0.1) is 13.2 Å². The summed E-state index contributed by atoms with van der Waals surface area (Å²) < 4.78 is 10.2. The highest BCUT2D eigenvalue weighted by molar-refractivity contribution is 6.00. The number of carbonyl (C=O) groups excluding carboxylic acids is 2. The fourth-order valence-electron chi connectivity index (χ4n) is 1.98. The van der Waals surface area contributed by atoms with Gasteiger partial charge in [0.2, 0.25) is 0 Å². The lowest BCUT2D eigenvalue weighted by Crippen LogP contribution is -2.42. The zero-order valence-corrected chi connectivity index (χ0v) is 12.4. The number of allylic oxidation sites excluding steroid dienone is 1. The van der Waals surface area contributed by atoms with Crippen LogP contribution >= 0.6 is 0 Å². The molecule has 0 saturated carbocycles. The molecule has 0 spiro atoms. The minimum Gasteiger partial charge on any atom is -0.465 e. The van der Waals surface area contributed by atoms with Crippen LogP contribution in [0.5, 0.6) is 0 Å². The molecule has 0 rings (SSSR count). The Morgan fingerprint density at radius 3 is 1.95 bits per heavy atom. The van der Waals surface area contributed by atoms with Crippen LogP contribution in [0.25, 0.3) is 0 Å². The summed E-state index contributed by atoms with van der Waals surface area (Å²) in [7, 11) is 0. The molecule has 0 unspecified atom stereocenters. The number of hydrogen-bond acceptors (Lipinski definition) is 4. The first kappa shape index (κ1) is 17.7. The number of ether oxygens (including phenoxy) is 2. The molecule has 0 fully saturated rings. The standard InChI is InChI=1S/C15H26O4/c1-5-9-11-15(12-10-6-2,13(16)18-7-3)14(17)19-8-4/h5H,1,6-12H2,2-4H3. The predicted molar refractivity (Wildman–Crippen MR) is 74.7 cm³/mol. The smallest absolute Gasteiger partial charge is 0.323 e. The van der Waals surface area contributed by atoms with Crippen molar-refractivity contribution in [3.63, 3.8) is 0 Å². The molecule has 0 aromatic heterocycles. The molecule has 4 heteroatoms. The number of hydrogen-bond donors (Lipinski definition) is 0. The Morgan fingerprint density at radius 1 is 1.05 bits per heavy atom. The number of rotatable bonds is 10. The highest BCUT2D eigenvalue weighted by Gasteiger charge is 2.47. The maximum Gasteiger partial charge on any atom is 0.323 e. The van der Waals surface area contributed by atoms with E-state index in [1.54, 1.807) is 19.9 Å². The molecule has 0 bridgehead atoms. The summed E-state index contributed by atoms with van der Waals surface area (Å²) in [6.07, 6.45) is 4.85. The van der Waals surface area contributed by atoms with Crippen LogP contribution in [0.2, 0.25) is 0 Å². The SMILES string of the molecule is C=CCCC(CCCC)(C(=O)OCC)C(=O)OCC. The highest BCUT2D eigenvalue weighted by atomic mass is 16.6. The molecule has 0 atom stereocenters. The van der Waals surface area contributed by atoms with Gasteiger partial charge in [-0.1, -0.05) is 25.8 Å². The lowest BCUT2D eigenvalue weighted by atomic mass is 9.78. The normalized spacial score (nSPS) is 10.9. The molecule has 0 N–H and O–H groups in total. The van der Waals surface area contributed by atoms with Crippen LogP contribution in [0, 0.1) is 5.41 Å². The average molecular weight is 270 g/mol. The topological polar surface area (TPSA) is 52.6 Å². The van der Waals surface area contributed by atoms with Crippen LogP contribution in [-0.2, 0) is 19.1 Å². The molecule has 0 aliphatic rings. The van der Waals surface area contributed by atoms with Gasteiger partial charge in [-0.15, -0.1) is 6.58 Å². The summed E-state index contributed by atoms with van der Waals surface area (Å²) in [5.74, 6) is -0.937. The van der Waals surface area contributed by atoms with E-state index in [1.165, 1.54) is 0 Å². The molecule has 0 aromatic carbocycles. The summed E-state index contributed by atoms with van der Waals surface area (Å²) >= 11 is 0. The van der Waals surface area contributed by atoms with Crippen molar-refractivity contribution in [1.29, 1.82) is 0 Å². The van der Waals surface area contributed by atoms with E-state index in [4.69, 9.17) is 9.47 Å². The number of unbranched alkanes of at least 4 members (excludes halogenated alkanes) is 1. The molecule has 0 aliphatic heterocycles. The van der Waals surface area contributed by atoms with Crippen LogP contribution < -0.4 is 0 Å². The number of esters is 2. The molecule has 0 aromatic rings. The van der Waals surface area contributed by atoms with Gasteiger partial charge in [-0.25, -0.2) is 0 Å². The van der Waals surface area contributed by atoms with E-state index in [9.17, 15) is 9.59 Å². The average Bonchev–Trinajstić information content (AvgIpc) is 2.40. The largest absolute Gasteiger partial charge is 0.465 e. The van der Waals surface area contributed by atoms with Gasteiger partial charge in [0.25, 0.3) is 0 Å². The van der Waals surface area contributed by atoms with Crippen LogP contribution in [0.1, 0.15) is 52.9 Å². The van der Waals surface area contributed by atoms with Crippen molar-refractivity contribution in [2.24, 2.45) is 5.41 Å². The summed E-state index contributed by atoms with van der Waals surface area (Å²) in [6.45, 7) is 9.68. The van der Waals surface area contributed by atoms with Gasteiger partial charge < -0.3 is 9.47 Å².